The number of rotatable bonds is 2. The molecule has 2 bridgehead atoms. The first-order valence-corrected chi connectivity index (χ1v) is 6.34. The summed E-state index contributed by atoms with van der Waals surface area (Å²) in [5.41, 5.74) is -0.287. The molecule has 0 amide bonds. The first-order valence-electron chi connectivity index (χ1n) is 5.96. The van der Waals surface area contributed by atoms with Crippen LogP contribution in [0.3, 0.4) is 0 Å². The molecule has 0 aromatic carbocycles. The van der Waals surface area contributed by atoms with Gasteiger partial charge < -0.3 is 15.2 Å². The Morgan fingerprint density at radius 1 is 1.47 bits per heavy atom. The number of aromatic nitrogens is 2. The highest BCUT2D eigenvalue weighted by atomic mass is 35.5. The van der Waals surface area contributed by atoms with Gasteiger partial charge in [-0.3, -0.25) is 4.79 Å². The van der Waals surface area contributed by atoms with Crippen LogP contribution in [-0.2, 0) is 0 Å². The Kier molecular flexibility index (Phi) is 2.80. The van der Waals surface area contributed by atoms with Gasteiger partial charge in [0.05, 0.1) is 6.33 Å². The van der Waals surface area contributed by atoms with Crippen LogP contribution in [-0.4, -0.2) is 40.5 Å². The number of nitrogens with one attached hydrogen (secondary N) is 2. The molecule has 6 heteroatoms. The number of aromatic amines is 1. The third kappa shape index (κ3) is 2.05. The zero-order valence-corrected chi connectivity index (χ0v) is 10.2. The molecular formula is C11H15ClN4O. The van der Waals surface area contributed by atoms with Crippen LogP contribution in [0.4, 0.5) is 5.82 Å². The second-order valence-corrected chi connectivity index (χ2v) is 5.16. The van der Waals surface area contributed by atoms with Crippen molar-refractivity contribution in [3.63, 3.8) is 0 Å². The van der Waals surface area contributed by atoms with Gasteiger partial charge in [0, 0.05) is 12.6 Å². The summed E-state index contributed by atoms with van der Waals surface area (Å²) >= 11 is 5.93. The lowest BCUT2D eigenvalue weighted by atomic mass is 9.84. The molecule has 2 N–H and O–H groups in total. The minimum absolute atomic E-state index is 0.156. The van der Waals surface area contributed by atoms with Crippen LogP contribution in [0.5, 0.6) is 0 Å². The Balaban J connectivity index is 1.79. The molecule has 3 fully saturated rings. The molecule has 4 heterocycles. The lowest BCUT2D eigenvalue weighted by Crippen LogP contribution is -2.53. The lowest BCUT2D eigenvalue weighted by molar-refractivity contribution is 0.0974. The molecule has 5 nitrogen and oxygen atoms in total. The summed E-state index contributed by atoms with van der Waals surface area (Å²) in [5, 5.41) is 3.47. The van der Waals surface area contributed by atoms with Crippen molar-refractivity contribution in [1.82, 2.24) is 14.9 Å². The summed E-state index contributed by atoms with van der Waals surface area (Å²) in [6.07, 6.45) is 3.83. The van der Waals surface area contributed by atoms with Crippen LogP contribution in [0.2, 0.25) is 5.02 Å². The molecule has 1 unspecified atom stereocenters. The number of piperidine rings is 3. The molecule has 0 spiro atoms. The molecule has 0 saturated carbocycles. The van der Waals surface area contributed by atoms with Crippen LogP contribution >= 0.6 is 11.6 Å². The van der Waals surface area contributed by atoms with E-state index in [-0.39, 0.29) is 10.6 Å². The predicted octanol–water partition coefficient (Wildman–Crippen LogP) is 0.929. The van der Waals surface area contributed by atoms with Gasteiger partial charge in [-0.15, -0.1) is 0 Å². The molecule has 1 atom stereocenters. The molecule has 92 valence electrons. The average molecular weight is 255 g/mol. The number of hydrogen-bond donors (Lipinski definition) is 2. The summed E-state index contributed by atoms with van der Waals surface area (Å²) in [4.78, 5) is 20.4. The van der Waals surface area contributed by atoms with Gasteiger partial charge in [0.25, 0.3) is 5.56 Å². The number of hydrogen-bond acceptors (Lipinski definition) is 4. The van der Waals surface area contributed by atoms with Crippen LogP contribution < -0.4 is 10.9 Å². The van der Waals surface area contributed by atoms with Crippen molar-refractivity contribution in [1.29, 1.82) is 0 Å². The Labute approximate surface area is 104 Å². The van der Waals surface area contributed by atoms with E-state index >= 15 is 0 Å². The topological polar surface area (TPSA) is 61.0 Å². The van der Waals surface area contributed by atoms with Crippen LogP contribution in [0.15, 0.2) is 11.1 Å². The van der Waals surface area contributed by atoms with E-state index < -0.39 is 0 Å². The Bertz CT molecular complexity index is 467. The molecular weight excluding hydrogens is 240 g/mol. The summed E-state index contributed by atoms with van der Waals surface area (Å²) in [5.74, 6) is 1.19. The molecule has 0 radical (unpaired) electrons. The second kappa shape index (κ2) is 4.31. The molecule has 3 saturated heterocycles. The maximum absolute atomic E-state index is 11.4. The van der Waals surface area contributed by atoms with E-state index in [0.717, 1.165) is 6.54 Å². The monoisotopic (exact) mass is 254 g/mol. The third-order valence-corrected chi connectivity index (χ3v) is 4.13. The largest absolute Gasteiger partial charge is 0.364 e. The van der Waals surface area contributed by atoms with Gasteiger partial charge in [-0.05, 0) is 31.8 Å². The fraction of sp³-hybridized carbons (Fsp3) is 0.636. The normalized spacial score (nSPS) is 31.5. The fourth-order valence-corrected chi connectivity index (χ4v) is 2.95. The summed E-state index contributed by atoms with van der Waals surface area (Å²) in [6.45, 7) is 3.41. The van der Waals surface area contributed by atoms with E-state index in [1.807, 2.05) is 0 Å². The smallest absolute Gasteiger partial charge is 0.271 e. The first kappa shape index (κ1) is 11.0. The van der Waals surface area contributed by atoms with Crippen molar-refractivity contribution >= 4 is 17.4 Å². The van der Waals surface area contributed by atoms with Crippen LogP contribution in [0.1, 0.15) is 12.8 Å². The highest BCUT2D eigenvalue weighted by molar-refractivity contribution is 6.32. The first-order chi connectivity index (χ1) is 8.24. The Morgan fingerprint density at radius 2 is 2.24 bits per heavy atom. The van der Waals surface area contributed by atoms with Gasteiger partial charge in [0.2, 0.25) is 0 Å². The van der Waals surface area contributed by atoms with E-state index in [0.29, 0.717) is 17.8 Å². The van der Waals surface area contributed by atoms with Gasteiger partial charge in [-0.2, -0.15) is 0 Å². The molecule has 3 aliphatic heterocycles. The van der Waals surface area contributed by atoms with Gasteiger partial charge in [-0.25, -0.2) is 4.98 Å². The van der Waals surface area contributed by atoms with Gasteiger partial charge in [0.15, 0.2) is 5.82 Å². The van der Waals surface area contributed by atoms with Gasteiger partial charge >= 0.3 is 0 Å². The molecule has 1 aromatic heterocycles. The SMILES string of the molecule is O=c1[nH]cnc(NC2CN3CCC2CC3)c1Cl. The summed E-state index contributed by atoms with van der Waals surface area (Å²) < 4.78 is 0. The quantitative estimate of drug-likeness (QED) is 0.824. The molecule has 3 aliphatic rings. The molecule has 4 rings (SSSR count). The Hall–Kier alpha value is -1.07. The molecule has 17 heavy (non-hydrogen) atoms. The van der Waals surface area contributed by atoms with E-state index in [9.17, 15) is 4.79 Å². The minimum atomic E-state index is -0.287. The fourth-order valence-electron chi connectivity index (χ4n) is 2.79. The number of fused-ring (bicyclic) bond motifs is 3. The maximum Gasteiger partial charge on any atom is 0.271 e. The van der Waals surface area contributed by atoms with Crippen molar-refractivity contribution in [2.24, 2.45) is 5.92 Å². The average Bonchev–Trinajstić information content (AvgIpc) is 2.36. The van der Waals surface area contributed by atoms with Crippen molar-refractivity contribution in [3.8, 4) is 0 Å². The third-order valence-electron chi connectivity index (χ3n) is 3.77. The van der Waals surface area contributed by atoms with E-state index in [2.05, 4.69) is 20.2 Å². The lowest BCUT2D eigenvalue weighted by Gasteiger charge is -2.45. The van der Waals surface area contributed by atoms with E-state index in [1.165, 1.54) is 32.3 Å². The zero-order chi connectivity index (χ0) is 11.8. The van der Waals surface area contributed by atoms with E-state index in [1.54, 1.807) is 0 Å². The summed E-state index contributed by atoms with van der Waals surface area (Å²) in [6, 6.07) is 0.365. The van der Waals surface area contributed by atoms with E-state index in [4.69, 9.17) is 11.6 Å². The number of H-pyrrole nitrogens is 1. The zero-order valence-electron chi connectivity index (χ0n) is 9.45. The van der Waals surface area contributed by atoms with Crippen LogP contribution in [0.25, 0.3) is 0 Å². The van der Waals surface area contributed by atoms with Crippen molar-refractivity contribution < 1.29 is 0 Å². The number of halogens is 1. The van der Waals surface area contributed by atoms with Crippen molar-refractivity contribution in [2.75, 3.05) is 25.0 Å². The number of nitrogens with zero attached hydrogens (tertiary/aromatic N) is 2. The minimum Gasteiger partial charge on any atom is -0.364 e. The Morgan fingerprint density at radius 3 is 2.88 bits per heavy atom. The van der Waals surface area contributed by atoms with Gasteiger partial charge in [0.1, 0.15) is 5.02 Å². The standard InChI is InChI=1S/C11H15ClN4O/c12-9-10(13-6-14-11(9)17)15-8-5-16-3-1-7(8)2-4-16/h6-8H,1-5H2,(H2,13,14,15,17). The van der Waals surface area contributed by atoms with Crippen LogP contribution in [0, 0.1) is 5.92 Å². The highest BCUT2D eigenvalue weighted by Gasteiger charge is 2.34. The maximum atomic E-state index is 11.4. The van der Waals surface area contributed by atoms with Gasteiger partial charge in [-0.1, -0.05) is 11.6 Å². The predicted molar refractivity (Wildman–Crippen MR) is 66.4 cm³/mol. The molecule has 1 aromatic rings. The summed E-state index contributed by atoms with van der Waals surface area (Å²) in [7, 11) is 0. The molecule has 0 aliphatic carbocycles. The highest BCUT2D eigenvalue weighted by Crippen LogP contribution is 2.30. The van der Waals surface area contributed by atoms with Crippen molar-refractivity contribution in [2.45, 2.75) is 18.9 Å². The van der Waals surface area contributed by atoms with Crippen molar-refractivity contribution in [3.05, 3.63) is 21.7 Å². The second-order valence-electron chi connectivity index (χ2n) is 4.78. The number of anilines is 1.